The van der Waals surface area contributed by atoms with Crippen LogP contribution in [0.15, 0.2) is 23.7 Å². The number of nitrogens with one attached hydrogen (secondary N) is 1. The summed E-state index contributed by atoms with van der Waals surface area (Å²) in [6.45, 7) is 0.621. The van der Waals surface area contributed by atoms with E-state index in [9.17, 15) is 4.79 Å². The summed E-state index contributed by atoms with van der Waals surface area (Å²) in [6.07, 6.45) is 2.47. The lowest BCUT2D eigenvalue weighted by atomic mass is 10.1. The number of aromatic nitrogens is 1. The van der Waals surface area contributed by atoms with Gasteiger partial charge in [0.1, 0.15) is 11.4 Å². The first kappa shape index (κ1) is 11.2. The zero-order chi connectivity index (χ0) is 12.5. The van der Waals surface area contributed by atoms with Crippen molar-refractivity contribution in [3.63, 3.8) is 0 Å². The van der Waals surface area contributed by atoms with E-state index in [1.807, 2.05) is 0 Å². The second-order valence-corrected chi connectivity index (χ2v) is 4.94. The molecule has 3 rings (SSSR count). The highest BCUT2D eigenvalue weighted by molar-refractivity contribution is 7.13. The Morgan fingerprint density at radius 3 is 3.28 bits per heavy atom. The standard InChI is InChI=1S/C13H12N2O2S/c1-14-13(16)9-6-10-11(15-7-9)12-8(2-4-17-10)3-5-18-12/h3,5-7H,2,4H2,1H3,(H,14,16). The second-order valence-electron chi connectivity index (χ2n) is 4.02. The van der Waals surface area contributed by atoms with E-state index in [-0.39, 0.29) is 5.91 Å². The van der Waals surface area contributed by atoms with Gasteiger partial charge < -0.3 is 10.1 Å². The lowest BCUT2D eigenvalue weighted by Crippen LogP contribution is -2.18. The monoisotopic (exact) mass is 260 g/mol. The molecule has 1 aliphatic heterocycles. The van der Waals surface area contributed by atoms with E-state index >= 15 is 0 Å². The summed E-state index contributed by atoms with van der Waals surface area (Å²) in [4.78, 5) is 17.1. The number of hydrogen-bond donors (Lipinski definition) is 1. The number of nitrogens with zero attached hydrogens (tertiary/aromatic N) is 1. The van der Waals surface area contributed by atoms with Crippen LogP contribution in [-0.2, 0) is 6.42 Å². The van der Waals surface area contributed by atoms with Crippen molar-refractivity contribution in [3.8, 4) is 16.3 Å². The first-order valence-corrected chi connectivity index (χ1v) is 6.59. The van der Waals surface area contributed by atoms with Gasteiger partial charge in [0, 0.05) is 19.7 Å². The molecule has 0 fully saturated rings. The van der Waals surface area contributed by atoms with Crippen molar-refractivity contribution in [2.75, 3.05) is 13.7 Å². The molecule has 0 aromatic carbocycles. The molecule has 1 N–H and O–H groups in total. The molecule has 2 aromatic heterocycles. The Morgan fingerprint density at radius 1 is 1.56 bits per heavy atom. The fourth-order valence-electron chi connectivity index (χ4n) is 2.00. The lowest BCUT2D eigenvalue weighted by molar-refractivity contribution is 0.0962. The van der Waals surface area contributed by atoms with Gasteiger partial charge >= 0.3 is 0 Å². The van der Waals surface area contributed by atoms with Crippen LogP contribution in [-0.4, -0.2) is 24.5 Å². The number of hydrogen-bond acceptors (Lipinski definition) is 4. The number of pyridine rings is 1. The van der Waals surface area contributed by atoms with Crippen molar-refractivity contribution in [1.29, 1.82) is 0 Å². The Hall–Kier alpha value is -1.88. The number of carbonyl (C=O) groups excluding carboxylic acids is 1. The fraction of sp³-hybridized carbons (Fsp3) is 0.231. The Balaban J connectivity index is 2.11. The quantitative estimate of drug-likeness (QED) is 0.854. The molecular formula is C13H12N2O2S. The maximum Gasteiger partial charge on any atom is 0.252 e. The van der Waals surface area contributed by atoms with Crippen molar-refractivity contribution < 1.29 is 9.53 Å². The van der Waals surface area contributed by atoms with Crippen LogP contribution in [0.5, 0.6) is 5.75 Å². The molecule has 0 aliphatic carbocycles. The molecule has 3 heterocycles. The third-order valence-corrected chi connectivity index (χ3v) is 3.90. The van der Waals surface area contributed by atoms with Gasteiger partial charge in [-0.3, -0.25) is 9.78 Å². The normalized spacial score (nSPS) is 12.9. The summed E-state index contributed by atoms with van der Waals surface area (Å²) in [5, 5.41) is 4.65. The summed E-state index contributed by atoms with van der Waals surface area (Å²) in [6, 6.07) is 3.86. The van der Waals surface area contributed by atoms with E-state index in [1.165, 1.54) is 5.56 Å². The second kappa shape index (κ2) is 4.42. The molecule has 0 saturated heterocycles. The molecule has 0 saturated carbocycles. The molecule has 92 valence electrons. The van der Waals surface area contributed by atoms with Crippen molar-refractivity contribution in [2.24, 2.45) is 0 Å². The highest BCUT2D eigenvalue weighted by atomic mass is 32.1. The molecule has 0 radical (unpaired) electrons. The minimum atomic E-state index is -0.149. The molecule has 2 aromatic rings. The van der Waals surface area contributed by atoms with E-state index in [0.29, 0.717) is 17.9 Å². The summed E-state index contributed by atoms with van der Waals surface area (Å²) in [7, 11) is 1.60. The maximum atomic E-state index is 11.6. The largest absolute Gasteiger partial charge is 0.491 e. The zero-order valence-electron chi connectivity index (χ0n) is 9.90. The highest BCUT2D eigenvalue weighted by Gasteiger charge is 2.19. The van der Waals surface area contributed by atoms with Crippen LogP contribution in [0, 0.1) is 0 Å². The van der Waals surface area contributed by atoms with Crippen LogP contribution in [0.2, 0.25) is 0 Å². The van der Waals surface area contributed by atoms with Crippen LogP contribution in [0.4, 0.5) is 0 Å². The number of thiophene rings is 1. The number of carbonyl (C=O) groups is 1. The van der Waals surface area contributed by atoms with E-state index in [1.54, 1.807) is 30.6 Å². The van der Waals surface area contributed by atoms with Gasteiger partial charge in [-0.2, -0.15) is 0 Å². The first-order valence-electron chi connectivity index (χ1n) is 5.71. The van der Waals surface area contributed by atoms with Crippen LogP contribution in [0.1, 0.15) is 15.9 Å². The van der Waals surface area contributed by atoms with Crippen molar-refractivity contribution in [1.82, 2.24) is 10.3 Å². The fourth-order valence-corrected chi connectivity index (χ4v) is 2.96. The Morgan fingerprint density at radius 2 is 2.44 bits per heavy atom. The van der Waals surface area contributed by atoms with Gasteiger partial charge in [-0.05, 0) is 23.1 Å². The van der Waals surface area contributed by atoms with Gasteiger partial charge in [0.15, 0.2) is 0 Å². The molecule has 0 atom stereocenters. The van der Waals surface area contributed by atoms with Gasteiger partial charge in [0.25, 0.3) is 5.91 Å². The Labute approximate surface area is 109 Å². The Kier molecular flexibility index (Phi) is 2.76. The topological polar surface area (TPSA) is 51.2 Å². The van der Waals surface area contributed by atoms with Gasteiger partial charge in [-0.15, -0.1) is 11.3 Å². The molecule has 0 bridgehead atoms. The van der Waals surface area contributed by atoms with Gasteiger partial charge in [0.2, 0.25) is 0 Å². The van der Waals surface area contributed by atoms with E-state index in [0.717, 1.165) is 17.0 Å². The zero-order valence-corrected chi connectivity index (χ0v) is 10.7. The van der Waals surface area contributed by atoms with E-state index in [4.69, 9.17) is 4.74 Å². The van der Waals surface area contributed by atoms with E-state index in [2.05, 4.69) is 21.7 Å². The Bertz CT molecular complexity index is 607. The molecule has 1 amide bonds. The number of fused-ring (bicyclic) bond motifs is 3. The maximum absolute atomic E-state index is 11.6. The molecule has 1 aliphatic rings. The predicted octanol–water partition coefficient (Wildman–Crippen LogP) is 2.10. The van der Waals surface area contributed by atoms with Gasteiger partial charge in [-0.1, -0.05) is 0 Å². The molecule has 4 nitrogen and oxygen atoms in total. The predicted molar refractivity (Wildman–Crippen MR) is 70.1 cm³/mol. The molecule has 5 heteroatoms. The average molecular weight is 260 g/mol. The number of ether oxygens (including phenoxy) is 1. The highest BCUT2D eigenvalue weighted by Crippen LogP contribution is 2.37. The number of rotatable bonds is 1. The van der Waals surface area contributed by atoms with Crippen LogP contribution >= 0.6 is 11.3 Å². The molecular weight excluding hydrogens is 248 g/mol. The van der Waals surface area contributed by atoms with Gasteiger partial charge in [0.05, 0.1) is 17.0 Å². The first-order chi connectivity index (χ1) is 8.79. The minimum absolute atomic E-state index is 0.149. The van der Waals surface area contributed by atoms with Crippen molar-refractivity contribution >= 4 is 17.2 Å². The van der Waals surface area contributed by atoms with E-state index < -0.39 is 0 Å². The number of amides is 1. The summed E-state index contributed by atoms with van der Waals surface area (Å²) in [5.74, 6) is 0.543. The van der Waals surface area contributed by atoms with Crippen molar-refractivity contribution in [3.05, 3.63) is 34.8 Å². The van der Waals surface area contributed by atoms with Crippen molar-refractivity contribution in [2.45, 2.75) is 6.42 Å². The van der Waals surface area contributed by atoms with Crippen LogP contribution in [0.25, 0.3) is 10.6 Å². The lowest BCUT2D eigenvalue weighted by Gasteiger charge is -2.08. The molecule has 0 spiro atoms. The smallest absolute Gasteiger partial charge is 0.252 e. The third-order valence-electron chi connectivity index (χ3n) is 2.93. The summed E-state index contributed by atoms with van der Waals surface area (Å²) >= 11 is 1.66. The SMILES string of the molecule is CNC(=O)c1cnc2c(c1)OCCc1ccsc1-2. The van der Waals surface area contributed by atoms with Crippen LogP contribution < -0.4 is 10.1 Å². The minimum Gasteiger partial charge on any atom is -0.491 e. The summed E-state index contributed by atoms with van der Waals surface area (Å²) < 4.78 is 5.69. The van der Waals surface area contributed by atoms with Crippen LogP contribution in [0.3, 0.4) is 0 Å². The molecule has 18 heavy (non-hydrogen) atoms. The molecule has 0 unspecified atom stereocenters. The summed E-state index contributed by atoms with van der Waals surface area (Å²) in [5.41, 5.74) is 2.63. The van der Waals surface area contributed by atoms with Gasteiger partial charge in [-0.25, -0.2) is 0 Å². The third kappa shape index (κ3) is 1.76. The average Bonchev–Trinajstić information content (AvgIpc) is 2.79.